The summed E-state index contributed by atoms with van der Waals surface area (Å²) in [7, 11) is 0. The number of hydrogen-bond donors (Lipinski definition) is 0. The van der Waals surface area contributed by atoms with E-state index in [0.717, 1.165) is 19.1 Å². The van der Waals surface area contributed by atoms with Gasteiger partial charge in [-0.1, -0.05) is 0 Å². The average Bonchev–Trinajstić information content (AvgIpc) is 2.69. The molecule has 13 heavy (non-hydrogen) atoms. The SMILES string of the molecule is CCOC(=O)[C@@H]1[C@@H]2CC[C@@H](C=O)[C@@H]21. The first-order valence-corrected chi connectivity index (χ1v) is 4.91. The summed E-state index contributed by atoms with van der Waals surface area (Å²) in [5.41, 5.74) is 0. The predicted molar refractivity (Wildman–Crippen MR) is 45.9 cm³/mol. The Balaban J connectivity index is 1.93. The molecule has 0 spiro atoms. The van der Waals surface area contributed by atoms with Crippen molar-refractivity contribution in [1.82, 2.24) is 0 Å². The summed E-state index contributed by atoms with van der Waals surface area (Å²) in [6.07, 6.45) is 3.00. The number of aldehydes is 1. The van der Waals surface area contributed by atoms with E-state index in [4.69, 9.17) is 4.74 Å². The highest BCUT2D eigenvalue weighted by Gasteiger charge is 2.61. The number of ether oxygens (including phenoxy) is 1. The average molecular weight is 182 g/mol. The fourth-order valence-electron chi connectivity index (χ4n) is 2.66. The molecule has 3 nitrogen and oxygen atoms in total. The Morgan fingerprint density at radius 3 is 2.92 bits per heavy atom. The van der Waals surface area contributed by atoms with Crippen LogP contribution in [0.25, 0.3) is 0 Å². The molecule has 3 heteroatoms. The molecular formula is C10H14O3. The number of carbonyl (C=O) groups excluding carboxylic acids is 2. The second-order valence-electron chi connectivity index (χ2n) is 3.90. The van der Waals surface area contributed by atoms with Crippen LogP contribution in [-0.2, 0) is 14.3 Å². The fraction of sp³-hybridized carbons (Fsp3) is 0.800. The van der Waals surface area contributed by atoms with E-state index in [9.17, 15) is 9.59 Å². The monoisotopic (exact) mass is 182 g/mol. The van der Waals surface area contributed by atoms with Crippen LogP contribution in [0.3, 0.4) is 0 Å². The normalized spacial score (nSPS) is 41.0. The lowest BCUT2D eigenvalue weighted by molar-refractivity contribution is -0.145. The second kappa shape index (κ2) is 3.13. The van der Waals surface area contributed by atoms with Crippen LogP contribution in [0.15, 0.2) is 0 Å². The summed E-state index contributed by atoms with van der Waals surface area (Å²) < 4.78 is 4.94. The topological polar surface area (TPSA) is 43.4 Å². The lowest BCUT2D eigenvalue weighted by Crippen LogP contribution is -2.13. The highest BCUT2D eigenvalue weighted by Crippen LogP contribution is 2.60. The number of fused-ring (bicyclic) bond motifs is 1. The van der Waals surface area contributed by atoms with Crippen molar-refractivity contribution in [1.29, 1.82) is 0 Å². The maximum Gasteiger partial charge on any atom is 0.309 e. The van der Waals surface area contributed by atoms with Crippen LogP contribution in [0.5, 0.6) is 0 Å². The smallest absolute Gasteiger partial charge is 0.309 e. The number of rotatable bonds is 3. The first-order valence-electron chi connectivity index (χ1n) is 4.91. The van der Waals surface area contributed by atoms with Gasteiger partial charge in [0.15, 0.2) is 0 Å². The largest absolute Gasteiger partial charge is 0.466 e. The lowest BCUT2D eigenvalue weighted by Gasteiger charge is -2.06. The molecule has 0 heterocycles. The Bertz CT molecular complexity index is 236. The van der Waals surface area contributed by atoms with Gasteiger partial charge < -0.3 is 9.53 Å². The Labute approximate surface area is 77.4 Å². The van der Waals surface area contributed by atoms with Gasteiger partial charge in [0.2, 0.25) is 0 Å². The maximum absolute atomic E-state index is 11.3. The summed E-state index contributed by atoms with van der Waals surface area (Å²) in [6, 6.07) is 0. The molecule has 2 aliphatic carbocycles. The third-order valence-corrected chi connectivity index (χ3v) is 3.29. The minimum Gasteiger partial charge on any atom is -0.466 e. The van der Waals surface area contributed by atoms with Crippen LogP contribution in [-0.4, -0.2) is 18.9 Å². The third-order valence-electron chi connectivity index (χ3n) is 3.29. The van der Waals surface area contributed by atoms with Gasteiger partial charge in [0.05, 0.1) is 12.5 Å². The second-order valence-corrected chi connectivity index (χ2v) is 3.90. The summed E-state index contributed by atoms with van der Waals surface area (Å²) >= 11 is 0. The Hall–Kier alpha value is -0.860. The van der Waals surface area contributed by atoms with Gasteiger partial charge in [-0.2, -0.15) is 0 Å². The number of hydrogen-bond acceptors (Lipinski definition) is 3. The van der Waals surface area contributed by atoms with Crippen molar-refractivity contribution in [3.8, 4) is 0 Å². The Kier molecular flexibility index (Phi) is 2.10. The van der Waals surface area contributed by atoms with Crippen LogP contribution >= 0.6 is 0 Å². The summed E-state index contributed by atoms with van der Waals surface area (Å²) in [5, 5.41) is 0. The van der Waals surface area contributed by atoms with Gasteiger partial charge in [0.1, 0.15) is 6.29 Å². The van der Waals surface area contributed by atoms with E-state index in [-0.39, 0.29) is 17.8 Å². The molecule has 4 atom stereocenters. The van der Waals surface area contributed by atoms with Crippen molar-refractivity contribution in [3.05, 3.63) is 0 Å². The summed E-state index contributed by atoms with van der Waals surface area (Å²) in [4.78, 5) is 22.0. The van der Waals surface area contributed by atoms with E-state index in [1.54, 1.807) is 0 Å². The molecule has 0 aliphatic heterocycles. The van der Waals surface area contributed by atoms with Gasteiger partial charge in [0.25, 0.3) is 0 Å². The van der Waals surface area contributed by atoms with Crippen LogP contribution in [0.2, 0.25) is 0 Å². The minimum absolute atomic E-state index is 0.0453. The molecule has 0 saturated heterocycles. The quantitative estimate of drug-likeness (QED) is 0.483. The van der Waals surface area contributed by atoms with Crippen molar-refractivity contribution in [3.63, 3.8) is 0 Å². The van der Waals surface area contributed by atoms with E-state index in [1.807, 2.05) is 6.92 Å². The van der Waals surface area contributed by atoms with Gasteiger partial charge in [-0.25, -0.2) is 0 Å². The van der Waals surface area contributed by atoms with Crippen molar-refractivity contribution in [2.75, 3.05) is 6.61 Å². The number of esters is 1. The number of carbonyl (C=O) groups is 2. The van der Waals surface area contributed by atoms with E-state index >= 15 is 0 Å². The molecule has 2 saturated carbocycles. The highest BCUT2D eigenvalue weighted by atomic mass is 16.5. The van der Waals surface area contributed by atoms with Gasteiger partial charge in [-0.15, -0.1) is 0 Å². The van der Waals surface area contributed by atoms with Gasteiger partial charge in [-0.3, -0.25) is 4.79 Å². The van der Waals surface area contributed by atoms with E-state index in [0.29, 0.717) is 18.4 Å². The molecule has 0 aromatic carbocycles. The van der Waals surface area contributed by atoms with Crippen LogP contribution in [0.4, 0.5) is 0 Å². The zero-order chi connectivity index (χ0) is 9.42. The van der Waals surface area contributed by atoms with E-state index < -0.39 is 0 Å². The van der Waals surface area contributed by atoms with Crippen molar-refractivity contribution < 1.29 is 14.3 Å². The van der Waals surface area contributed by atoms with Gasteiger partial charge in [0, 0.05) is 5.92 Å². The van der Waals surface area contributed by atoms with Crippen LogP contribution in [0, 0.1) is 23.7 Å². The molecule has 0 amide bonds. The Morgan fingerprint density at radius 2 is 2.31 bits per heavy atom. The van der Waals surface area contributed by atoms with Crippen LogP contribution < -0.4 is 0 Å². The zero-order valence-corrected chi connectivity index (χ0v) is 7.73. The van der Waals surface area contributed by atoms with Crippen molar-refractivity contribution in [2.24, 2.45) is 23.7 Å². The van der Waals surface area contributed by atoms with Gasteiger partial charge >= 0.3 is 5.97 Å². The predicted octanol–water partition coefficient (Wildman–Crippen LogP) is 1.02. The molecule has 2 rings (SSSR count). The molecule has 2 fully saturated rings. The fourth-order valence-corrected chi connectivity index (χ4v) is 2.66. The van der Waals surface area contributed by atoms with Crippen LogP contribution in [0.1, 0.15) is 19.8 Å². The summed E-state index contributed by atoms with van der Waals surface area (Å²) in [6.45, 7) is 2.26. The molecular weight excluding hydrogens is 168 g/mol. The first-order chi connectivity index (χ1) is 6.29. The molecule has 0 N–H and O–H groups in total. The Morgan fingerprint density at radius 1 is 1.54 bits per heavy atom. The van der Waals surface area contributed by atoms with Gasteiger partial charge in [-0.05, 0) is 31.6 Å². The summed E-state index contributed by atoms with van der Waals surface area (Å²) in [5.74, 6) is 0.846. The maximum atomic E-state index is 11.3. The van der Waals surface area contributed by atoms with Crippen molar-refractivity contribution >= 4 is 12.3 Å². The minimum atomic E-state index is -0.0935. The lowest BCUT2D eigenvalue weighted by atomic mass is 10.0. The molecule has 0 unspecified atom stereocenters. The standard InChI is InChI=1S/C10H14O3/c1-2-13-10(12)9-7-4-3-6(5-11)8(7)9/h5-9H,2-4H2,1H3/t6-,7+,8-,9+/m0/s1. The third kappa shape index (κ3) is 1.26. The van der Waals surface area contributed by atoms with E-state index in [1.165, 1.54) is 0 Å². The molecule has 0 aromatic heterocycles. The zero-order valence-electron chi connectivity index (χ0n) is 7.73. The molecule has 72 valence electrons. The van der Waals surface area contributed by atoms with E-state index in [2.05, 4.69) is 0 Å². The molecule has 0 aromatic rings. The molecule has 2 aliphatic rings. The molecule has 0 radical (unpaired) electrons. The molecule has 0 bridgehead atoms. The highest BCUT2D eigenvalue weighted by molar-refractivity contribution is 5.78. The first kappa shape index (κ1) is 8.73. The van der Waals surface area contributed by atoms with Crippen molar-refractivity contribution in [2.45, 2.75) is 19.8 Å².